The third-order valence-electron chi connectivity index (χ3n) is 10.8. The van der Waals surface area contributed by atoms with Gasteiger partial charge in [-0.25, -0.2) is 14.4 Å². The average Bonchev–Trinajstić information content (AvgIpc) is 3.53. The van der Waals surface area contributed by atoms with Crippen molar-refractivity contribution in [1.29, 1.82) is 0 Å². The van der Waals surface area contributed by atoms with E-state index in [1.165, 1.54) is 12.7 Å². The fraction of sp³-hybridized carbons (Fsp3) is 0.676. The van der Waals surface area contributed by atoms with Gasteiger partial charge in [-0.05, 0) is 73.3 Å². The van der Waals surface area contributed by atoms with Gasteiger partial charge in [-0.1, -0.05) is 58.4 Å². The number of hydrogen-bond donors (Lipinski definition) is 3. The third-order valence-corrected chi connectivity index (χ3v) is 10.8. The number of methoxy groups -OCH3 is 1. The number of amides is 1. The first-order valence-corrected chi connectivity index (χ1v) is 15.8. The molecule has 44 heavy (non-hydrogen) atoms. The molecule has 0 radical (unpaired) electrons. The molecule has 0 saturated heterocycles. The quantitative estimate of drug-likeness (QED) is 0.224. The van der Waals surface area contributed by atoms with Gasteiger partial charge in [-0.2, -0.15) is 0 Å². The fourth-order valence-electron chi connectivity index (χ4n) is 8.15. The molecule has 1 amide bonds. The van der Waals surface area contributed by atoms with Crippen molar-refractivity contribution in [2.45, 2.75) is 79.3 Å². The molecule has 12 atom stereocenters. The number of ether oxygens (including phenoxy) is 4. The number of nitrogens with one attached hydrogen (secondary N) is 2. The topological polar surface area (TPSA) is 136 Å². The molecular weight excluding hydrogens is 564 g/mol. The Balaban J connectivity index is 1.70. The summed E-state index contributed by atoms with van der Waals surface area (Å²) in [7, 11) is 1.52. The van der Waals surface area contributed by atoms with Crippen molar-refractivity contribution in [2.24, 2.45) is 46.8 Å². The highest BCUT2D eigenvalue weighted by molar-refractivity contribution is 5.87. The summed E-state index contributed by atoms with van der Waals surface area (Å²) in [5, 5.41) is 11.5. The predicted octanol–water partition coefficient (Wildman–Crippen LogP) is 4.91. The van der Waals surface area contributed by atoms with Crippen molar-refractivity contribution in [3.8, 4) is 0 Å². The molecule has 1 aliphatic heterocycles. The number of cyclic esters (lactones) is 1. The molecule has 10 nitrogen and oxygen atoms in total. The lowest BCUT2D eigenvalue weighted by molar-refractivity contribution is -0.171. The largest absolute Gasteiger partial charge is 0.457 e. The lowest BCUT2D eigenvalue weighted by Crippen LogP contribution is -2.57. The molecule has 1 aromatic rings. The van der Waals surface area contributed by atoms with Crippen LogP contribution in [0, 0.1) is 46.8 Å². The van der Waals surface area contributed by atoms with Gasteiger partial charge in [0.2, 0.25) is 0 Å². The number of carbonyl (C=O) groups is 3. The van der Waals surface area contributed by atoms with Gasteiger partial charge in [-0.3, -0.25) is 0 Å². The van der Waals surface area contributed by atoms with Crippen molar-refractivity contribution in [3.05, 3.63) is 47.8 Å². The Hall–Kier alpha value is -3.11. The zero-order valence-electron chi connectivity index (χ0n) is 27.2. The maximum Gasteiger partial charge on any atom is 0.407 e. The van der Waals surface area contributed by atoms with E-state index in [2.05, 4.69) is 63.1 Å². The molecule has 1 aromatic heterocycles. The molecule has 4 rings (SSSR count). The minimum absolute atomic E-state index is 0.000878. The molecule has 2 aliphatic carbocycles. The number of rotatable bonds is 7. The van der Waals surface area contributed by atoms with Gasteiger partial charge < -0.3 is 34.4 Å². The van der Waals surface area contributed by atoms with Crippen molar-refractivity contribution in [2.75, 3.05) is 20.3 Å². The van der Waals surface area contributed by atoms with Crippen molar-refractivity contribution in [3.63, 3.8) is 0 Å². The molecule has 244 valence electrons. The van der Waals surface area contributed by atoms with E-state index in [0.29, 0.717) is 12.1 Å². The number of hydrogen-bond acceptors (Lipinski definition) is 8. The van der Waals surface area contributed by atoms with Gasteiger partial charge >= 0.3 is 18.0 Å². The van der Waals surface area contributed by atoms with E-state index < -0.39 is 30.4 Å². The maximum atomic E-state index is 13.5. The van der Waals surface area contributed by atoms with Gasteiger partial charge in [0.1, 0.15) is 24.0 Å². The Morgan fingerprint density at radius 2 is 1.91 bits per heavy atom. The van der Waals surface area contributed by atoms with Gasteiger partial charge in [-0.15, -0.1) is 0 Å². The monoisotopic (exact) mass is 614 g/mol. The fourth-order valence-corrected chi connectivity index (χ4v) is 8.15. The third kappa shape index (κ3) is 6.47. The van der Waals surface area contributed by atoms with Gasteiger partial charge in [0.15, 0.2) is 6.10 Å². The Bertz CT molecular complexity index is 1230. The molecule has 10 heteroatoms. The van der Waals surface area contributed by atoms with Crippen LogP contribution in [0.15, 0.2) is 42.1 Å². The van der Waals surface area contributed by atoms with E-state index in [9.17, 15) is 14.4 Å². The van der Waals surface area contributed by atoms with E-state index in [1.807, 2.05) is 6.92 Å². The second-order valence-corrected chi connectivity index (χ2v) is 13.2. The number of aromatic amines is 1. The van der Waals surface area contributed by atoms with E-state index >= 15 is 0 Å². The molecule has 1 unspecified atom stereocenters. The van der Waals surface area contributed by atoms with E-state index in [4.69, 9.17) is 24.1 Å². The molecule has 3 N–H and O–H groups in total. The number of carbonyl (C=O) groups excluding carboxylic acids is 3. The summed E-state index contributed by atoms with van der Waals surface area (Å²) in [6, 6.07) is 3.52. The number of aromatic nitrogens is 1. The Morgan fingerprint density at radius 1 is 1.18 bits per heavy atom. The van der Waals surface area contributed by atoms with Crippen LogP contribution in [0.5, 0.6) is 0 Å². The summed E-state index contributed by atoms with van der Waals surface area (Å²) < 4.78 is 23.4. The van der Waals surface area contributed by atoms with E-state index in [0.717, 1.165) is 0 Å². The summed E-state index contributed by atoms with van der Waals surface area (Å²) in [5.41, 5.74) is 1.28. The van der Waals surface area contributed by atoms with Crippen LogP contribution >= 0.6 is 0 Å². The molecule has 1 saturated carbocycles. The highest BCUT2D eigenvalue weighted by Gasteiger charge is 2.57. The van der Waals surface area contributed by atoms with Gasteiger partial charge in [0.25, 0.3) is 0 Å². The normalized spacial score (nSPS) is 39.0. The summed E-state index contributed by atoms with van der Waals surface area (Å²) in [6.07, 6.45) is 5.57. The zero-order valence-corrected chi connectivity index (χ0v) is 27.2. The van der Waals surface area contributed by atoms with Crippen LogP contribution in [-0.4, -0.2) is 72.8 Å². The number of aliphatic hydroxyl groups is 1. The number of allylic oxidation sites excluding steroid dienone is 3. The molecule has 0 bridgehead atoms. The lowest BCUT2D eigenvalue weighted by Gasteiger charge is -2.59. The van der Waals surface area contributed by atoms with E-state index in [-0.39, 0.29) is 72.1 Å². The van der Waals surface area contributed by atoms with Gasteiger partial charge in [0, 0.05) is 25.8 Å². The SMILES string of the molecule is CO[C@H]1CC2C=C[C@H]3[C@@H](C)[C@H](OC(=O)c4ccc[nH]4)[C@H](C)[C@@H](C)[C@H]3[C@]2(C)/C(C)=C/[C@@H](C)[C@@H]([C@@H](C)OC(=O)NCCO)OC1=O. The molecule has 0 aromatic carbocycles. The van der Waals surface area contributed by atoms with Gasteiger partial charge in [0.05, 0.1) is 6.61 Å². The summed E-state index contributed by atoms with van der Waals surface area (Å²) in [4.78, 5) is 41.7. The predicted molar refractivity (Wildman–Crippen MR) is 164 cm³/mol. The first kappa shape index (κ1) is 33.8. The Kier molecular flexibility index (Phi) is 10.7. The van der Waals surface area contributed by atoms with E-state index in [1.54, 1.807) is 25.3 Å². The first-order chi connectivity index (χ1) is 20.8. The van der Waals surface area contributed by atoms with Crippen molar-refractivity contribution < 1.29 is 38.4 Å². The van der Waals surface area contributed by atoms with Crippen LogP contribution in [0.2, 0.25) is 0 Å². The highest BCUT2D eigenvalue weighted by Crippen LogP contribution is 2.60. The van der Waals surface area contributed by atoms with Crippen LogP contribution in [0.1, 0.15) is 65.4 Å². The Morgan fingerprint density at radius 3 is 2.55 bits per heavy atom. The molecule has 1 fully saturated rings. The van der Waals surface area contributed by atoms with Crippen LogP contribution in [0.4, 0.5) is 4.79 Å². The van der Waals surface area contributed by atoms with Crippen LogP contribution in [0.25, 0.3) is 0 Å². The molecular formula is C34H50N2O8. The number of alkyl carbamates (subject to hydrolysis) is 1. The average molecular weight is 615 g/mol. The number of aliphatic hydroxyl groups excluding tert-OH is 1. The molecule has 2 heterocycles. The summed E-state index contributed by atoms with van der Waals surface area (Å²) in [5.74, 6) is -0.403. The van der Waals surface area contributed by atoms with Crippen LogP contribution in [0.3, 0.4) is 0 Å². The zero-order chi connectivity index (χ0) is 32.3. The second kappa shape index (κ2) is 13.9. The minimum atomic E-state index is -0.806. The van der Waals surface area contributed by atoms with Crippen molar-refractivity contribution in [1.82, 2.24) is 10.3 Å². The number of esters is 2. The lowest BCUT2D eigenvalue weighted by atomic mass is 9.46. The van der Waals surface area contributed by atoms with Crippen molar-refractivity contribution >= 4 is 18.0 Å². The smallest absolute Gasteiger partial charge is 0.407 e. The first-order valence-electron chi connectivity index (χ1n) is 15.8. The Labute approximate surface area is 260 Å². The summed E-state index contributed by atoms with van der Waals surface area (Å²) in [6.45, 7) is 14.6. The summed E-state index contributed by atoms with van der Waals surface area (Å²) >= 11 is 0. The maximum absolute atomic E-state index is 13.5. The number of H-pyrrole nitrogens is 1. The number of fused-ring (bicyclic) bond motifs is 3. The second-order valence-electron chi connectivity index (χ2n) is 13.2. The molecule has 0 spiro atoms. The minimum Gasteiger partial charge on any atom is -0.457 e. The molecule has 3 aliphatic rings. The van der Waals surface area contributed by atoms with Crippen LogP contribution < -0.4 is 5.32 Å². The highest BCUT2D eigenvalue weighted by atomic mass is 16.6. The standard InChI is InChI=1S/C34H50N2O8/c1-18-16-19(2)34(7)24(17-27(41-8)32(39)43-29(18)23(6)42-33(40)36-14-15-37)11-12-25-22(5)30(21(4)20(3)28(25)34)44-31(38)26-10-9-13-35-26/h9-13,16,18,20-25,27-30,35,37H,14-15,17H2,1-8H3,(H,36,40)/b19-16+/t18-,20-,21-,22-,23-,24?,25+,27+,28-,29+,30-,34-/m1/s1. The van der Waals surface area contributed by atoms with Crippen LogP contribution in [-0.2, 0) is 23.7 Å².